The topological polar surface area (TPSA) is 92.4 Å². The van der Waals surface area contributed by atoms with Crippen LogP contribution in [0.4, 0.5) is 5.95 Å². The Morgan fingerprint density at radius 2 is 2.11 bits per heavy atom. The van der Waals surface area contributed by atoms with Crippen molar-refractivity contribution >= 4 is 16.0 Å². The molecule has 8 heteroatoms. The zero-order valence-corrected chi connectivity index (χ0v) is 12.0. The molecule has 1 aliphatic rings. The van der Waals surface area contributed by atoms with Crippen molar-refractivity contribution in [2.24, 2.45) is 0 Å². The van der Waals surface area contributed by atoms with E-state index < -0.39 is 10.0 Å². The van der Waals surface area contributed by atoms with Crippen LogP contribution in [0.1, 0.15) is 12.8 Å². The van der Waals surface area contributed by atoms with Crippen LogP contribution < -0.4 is 5.73 Å². The first-order valence-corrected chi connectivity index (χ1v) is 7.59. The summed E-state index contributed by atoms with van der Waals surface area (Å²) in [6.45, 7) is 1.49. The Labute approximate surface area is 113 Å². The van der Waals surface area contributed by atoms with Crippen molar-refractivity contribution < 1.29 is 8.42 Å². The molecule has 2 heterocycles. The van der Waals surface area contributed by atoms with E-state index in [-0.39, 0.29) is 16.9 Å². The number of anilines is 1. The van der Waals surface area contributed by atoms with Gasteiger partial charge in [-0.05, 0) is 26.4 Å². The molecule has 0 aromatic carbocycles. The van der Waals surface area contributed by atoms with Gasteiger partial charge in [-0.2, -0.15) is 4.31 Å². The molecule has 0 saturated carbocycles. The van der Waals surface area contributed by atoms with Gasteiger partial charge in [-0.15, -0.1) is 0 Å². The first kappa shape index (κ1) is 14.2. The molecule has 0 aliphatic carbocycles. The molecule has 0 bridgehead atoms. The molecule has 19 heavy (non-hydrogen) atoms. The van der Waals surface area contributed by atoms with E-state index in [0.29, 0.717) is 6.54 Å². The molecule has 1 atom stereocenters. The third-order valence-corrected chi connectivity index (χ3v) is 5.27. The van der Waals surface area contributed by atoms with Gasteiger partial charge >= 0.3 is 0 Å². The van der Waals surface area contributed by atoms with Crippen LogP contribution in [-0.4, -0.2) is 60.8 Å². The van der Waals surface area contributed by atoms with E-state index in [1.54, 1.807) is 7.05 Å². The van der Waals surface area contributed by atoms with Crippen LogP contribution in [0, 0.1) is 0 Å². The van der Waals surface area contributed by atoms with Gasteiger partial charge in [-0.3, -0.25) is 0 Å². The first-order valence-electron chi connectivity index (χ1n) is 6.15. The van der Waals surface area contributed by atoms with Crippen molar-refractivity contribution in [2.75, 3.05) is 32.9 Å². The minimum Gasteiger partial charge on any atom is -0.368 e. The maximum absolute atomic E-state index is 12.3. The summed E-state index contributed by atoms with van der Waals surface area (Å²) in [5.74, 6) is 0.0668. The van der Waals surface area contributed by atoms with Gasteiger partial charge < -0.3 is 10.6 Å². The maximum Gasteiger partial charge on any atom is 0.245 e. The number of hydrogen-bond donors (Lipinski definition) is 1. The van der Waals surface area contributed by atoms with Gasteiger partial charge in [0.15, 0.2) is 0 Å². The molecule has 1 aromatic rings. The molecule has 1 aliphatic heterocycles. The molecule has 1 unspecified atom stereocenters. The van der Waals surface area contributed by atoms with E-state index >= 15 is 0 Å². The second-order valence-electron chi connectivity index (χ2n) is 4.84. The number of nitrogens with two attached hydrogens (primary N) is 1. The van der Waals surface area contributed by atoms with Crippen molar-refractivity contribution in [3.05, 3.63) is 12.4 Å². The minimum absolute atomic E-state index is 0.0668. The minimum atomic E-state index is -3.54. The lowest BCUT2D eigenvalue weighted by Crippen LogP contribution is -2.39. The van der Waals surface area contributed by atoms with Gasteiger partial charge in [0.1, 0.15) is 4.90 Å². The Morgan fingerprint density at radius 3 is 2.63 bits per heavy atom. The highest BCUT2D eigenvalue weighted by atomic mass is 32.2. The molecule has 1 aromatic heterocycles. The highest BCUT2D eigenvalue weighted by molar-refractivity contribution is 7.89. The van der Waals surface area contributed by atoms with Crippen LogP contribution >= 0.6 is 0 Å². The van der Waals surface area contributed by atoms with Crippen molar-refractivity contribution in [3.8, 4) is 0 Å². The number of rotatable bonds is 4. The number of sulfonamides is 1. The third-order valence-electron chi connectivity index (χ3n) is 3.50. The summed E-state index contributed by atoms with van der Waals surface area (Å²) in [4.78, 5) is 9.71. The summed E-state index contributed by atoms with van der Waals surface area (Å²) < 4.78 is 26.0. The fourth-order valence-electron chi connectivity index (χ4n) is 2.24. The van der Waals surface area contributed by atoms with E-state index in [1.165, 1.54) is 16.7 Å². The lowest BCUT2D eigenvalue weighted by Gasteiger charge is -2.25. The summed E-state index contributed by atoms with van der Waals surface area (Å²) in [5, 5.41) is 0. The van der Waals surface area contributed by atoms with Gasteiger partial charge in [0, 0.05) is 19.6 Å². The van der Waals surface area contributed by atoms with Gasteiger partial charge in [0.25, 0.3) is 0 Å². The molecule has 106 valence electrons. The number of likely N-dealkylation sites (tertiary alicyclic amines) is 1. The third kappa shape index (κ3) is 3.02. The molecule has 0 spiro atoms. The van der Waals surface area contributed by atoms with Gasteiger partial charge in [0.05, 0.1) is 12.4 Å². The predicted molar refractivity (Wildman–Crippen MR) is 71.9 cm³/mol. The molecular weight excluding hydrogens is 266 g/mol. The van der Waals surface area contributed by atoms with Crippen LogP contribution in [0.25, 0.3) is 0 Å². The second-order valence-corrected chi connectivity index (χ2v) is 6.88. The quantitative estimate of drug-likeness (QED) is 0.821. The average molecular weight is 285 g/mol. The number of nitrogen functional groups attached to an aromatic ring is 1. The molecule has 0 amide bonds. The molecule has 0 radical (unpaired) electrons. The summed E-state index contributed by atoms with van der Waals surface area (Å²) in [6, 6.07) is 0.273. The van der Waals surface area contributed by atoms with E-state index in [1.807, 2.05) is 7.05 Å². The largest absolute Gasteiger partial charge is 0.368 e. The van der Waals surface area contributed by atoms with E-state index in [2.05, 4.69) is 14.9 Å². The first-order chi connectivity index (χ1) is 8.91. The monoisotopic (exact) mass is 285 g/mol. The van der Waals surface area contributed by atoms with Crippen LogP contribution in [-0.2, 0) is 10.0 Å². The number of likely N-dealkylation sites (N-methyl/N-ethyl adjacent to an activating group) is 2. The van der Waals surface area contributed by atoms with Gasteiger partial charge in [0.2, 0.25) is 16.0 Å². The van der Waals surface area contributed by atoms with Crippen LogP contribution in [0.15, 0.2) is 17.3 Å². The zero-order valence-electron chi connectivity index (χ0n) is 11.2. The smallest absolute Gasteiger partial charge is 0.245 e. The zero-order chi connectivity index (χ0) is 14.0. The molecule has 2 N–H and O–H groups in total. The standard InChI is InChI=1S/C11H19N5O2S/c1-15-5-3-4-9(15)8-16(2)19(17,18)10-6-13-11(12)14-7-10/h6-7,9H,3-5,8H2,1-2H3,(H2,12,13,14). The van der Waals surface area contributed by atoms with Crippen LogP contribution in [0.3, 0.4) is 0 Å². The van der Waals surface area contributed by atoms with Gasteiger partial charge in [-0.25, -0.2) is 18.4 Å². The lowest BCUT2D eigenvalue weighted by molar-refractivity contribution is 0.271. The Balaban J connectivity index is 2.12. The van der Waals surface area contributed by atoms with Gasteiger partial charge in [-0.1, -0.05) is 0 Å². The second kappa shape index (κ2) is 5.40. The molecule has 1 fully saturated rings. The van der Waals surface area contributed by atoms with Crippen molar-refractivity contribution in [1.82, 2.24) is 19.2 Å². The Bertz CT molecular complexity index is 531. The Morgan fingerprint density at radius 1 is 1.47 bits per heavy atom. The summed E-state index contributed by atoms with van der Waals surface area (Å²) in [6.07, 6.45) is 4.62. The molecule has 2 rings (SSSR count). The van der Waals surface area contributed by atoms with E-state index in [4.69, 9.17) is 5.73 Å². The predicted octanol–water partition coefficient (Wildman–Crippen LogP) is -0.226. The normalized spacial score (nSPS) is 21.1. The lowest BCUT2D eigenvalue weighted by atomic mass is 10.2. The van der Waals surface area contributed by atoms with E-state index in [9.17, 15) is 8.42 Å². The SMILES string of the molecule is CN1CCCC1CN(C)S(=O)(=O)c1cnc(N)nc1. The van der Waals surface area contributed by atoms with Crippen molar-refractivity contribution in [1.29, 1.82) is 0 Å². The number of nitrogens with zero attached hydrogens (tertiary/aromatic N) is 4. The molecular formula is C11H19N5O2S. The highest BCUT2D eigenvalue weighted by Gasteiger charge is 2.28. The summed E-state index contributed by atoms with van der Waals surface area (Å²) >= 11 is 0. The molecule has 1 saturated heterocycles. The van der Waals surface area contributed by atoms with Crippen LogP contribution in [0.2, 0.25) is 0 Å². The van der Waals surface area contributed by atoms with Crippen molar-refractivity contribution in [3.63, 3.8) is 0 Å². The van der Waals surface area contributed by atoms with Crippen molar-refractivity contribution in [2.45, 2.75) is 23.8 Å². The maximum atomic E-state index is 12.3. The number of hydrogen-bond acceptors (Lipinski definition) is 6. The summed E-state index contributed by atoms with van der Waals surface area (Å²) in [5.41, 5.74) is 5.36. The average Bonchev–Trinajstić information content (AvgIpc) is 2.75. The highest BCUT2D eigenvalue weighted by Crippen LogP contribution is 2.19. The fraction of sp³-hybridized carbons (Fsp3) is 0.636. The fourth-order valence-corrected chi connectivity index (χ4v) is 3.34. The van der Waals surface area contributed by atoms with E-state index in [0.717, 1.165) is 19.4 Å². The van der Waals surface area contributed by atoms with Crippen LogP contribution in [0.5, 0.6) is 0 Å². The summed E-state index contributed by atoms with van der Waals surface area (Å²) in [7, 11) is 0.0590. The Kier molecular flexibility index (Phi) is 4.02. The molecule has 7 nitrogen and oxygen atoms in total. The number of aromatic nitrogens is 2. The Hall–Kier alpha value is -1.25.